The van der Waals surface area contributed by atoms with E-state index in [2.05, 4.69) is 10.3 Å². The second-order valence-electron chi connectivity index (χ2n) is 7.73. The standard InChI is InChI=1S/C25H27N3O5S/c1-3-12-28-21-14-17(6-11-22(21)33-15-24(28)30)20-16-34-25(26-20)27-23(29)5-4-13-32-19-9-7-18(31-2)8-10-19/h6-11,14,16H,3-5,12-13,15H2,1-2H3,(H,26,27,29). The van der Waals surface area contributed by atoms with Crippen LogP contribution in [0.25, 0.3) is 11.3 Å². The SMILES string of the molecule is CCCN1C(=O)COc2ccc(-c3csc(NC(=O)CCCOc4ccc(OC)cc4)n3)cc21. The highest BCUT2D eigenvalue weighted by molar-refractivity contribution is 7.14. The van der Waals surface area contributed by atoms with Crippen LogP contribution in [0.15, 0.2) is 47.8 Å². The number of anilines is 2. The van der Waals surface area contributed by atoms with Gasteiger partial charge in [-0.25, -0.2) is 4.98 Å². The normalized spacial score (nSPS) is 12.6. The number of benzene rings is 2. The number of fused-ring (bicyclic) bond motifs is 1. The number of carbonyl (C=O) groups excluding carboxylic acids is 2. The number of ether oxygens (including phenoxy) is 3. The summed E-state index contributed by atoms with van der Waals surface area (Å²) in [6, 6.07) is 13.0. The lowest BCUT2D eigenvalue weighted by molar-refractivity contribution is -0.121. The lowest BCUT2D eigenvalue weighted by Crippen LogP contribution is -2.39. The predicted molar refractivity (Wildman–Crippen MR) is 132 cm³/mol. The molecule has 0 saturated heterocycles. The molecule has 1 aliphatic rings. The van der Waals surface area contributed by atoms with Gasteiger partial charge < -0.3 is 24.4 Å². The largest absolute Gasteiger partial charge is 0.497 e. The maximum atomic E-state index is 12.3. The molecule has 0 bridgehead atoms. The van der Waals surface area contributed by atoms with E-state index in [0.717, 1.165) is 34.9 Å². The molecule has 0 radical (unpaired) electrons. The Morgan fingerprint density at radius 1 is 1.21 bits per heavy atom. The second-order valence-corrected chi connectivity index (χ2v) is 8.59. The van der Waals surface area contributed by atoms with Gasteiger partial charge in [-0.1, -0.05) is 6.92 Å². The summed E-state index contributed by atoms with van der Waals surface area (Å²) < 4.78 is 16.3. The quantitative estimate of drug-likeness (QED) is 0.420. The molecule has 0 spiro atoms. The van der Waals surface area contributed by atoms with Gasteiger partial charge in [0.15, 0.2) is 11.7 Å². The summed E-state index contributed by atoms with van der Waals surface area (Å²) in [7, 11) is 1.62. The van der Waals surface area contributed by atoms with E-state index in [9.17, 15) is 9.59 Å². The van der Waals surface area contributed by atoms with Gasteiger partial charge in [-0.3, -0.25) is 9.59 Å². The molecule has 1 aliphatic heterocycles. The lowest BCUT2D eigenvalue weighted by Gasteiger charge is -2.29. The molecule has 1 aromatic heterocycles. The van der Waals surface area contributed by atoms with E-state index < -0.39 is 0 Å². The monoisotopic (exact) mass is 481 g/mol. The number of methoxy groups -OCH3 is 1. The van der Waals surface area contributed by atoms with E-state index in [1.165, 1.54) is 11.3 Å². The summed E-state index contributed by atoms with van der Waals surface area (Å²) in [5.74, 6) is 2.04. The first-order valence-electron chi connectivity index (χ1n) is 11.2. The molecule has 178 valence electrons. The van der Waals surface area contributed by atoms with Crippen molar-refractivity contribution in [1.82, 2.24) is 4.98 Å². The molecule has 2 aromatic carbocycles. The molecule has 1 N–H and O–H groups in total. The molecule has 2 amide bonds. The number of hydrogen-bond acceptors (Lipinski definition) is 7. The summed E-state index contributed by atoms with van der Waals surface area (Å²) in [5.41, 5.74) is 2.36. The molecular weight excluding hydrogens is 454 g/mol. The molecule has 0 unspecified atom stereocenters. The van der Waals surface area contributed by atoms with Crippen LogP contribution in [0.5, 0.6) is 17.2 Å². The van der Waals surface area contributed by atoms with Crippen LogP contribution in [0.1, 0.15) is 26.2 Å². The molecule has 9 heteroatoms. The van der Waals surface area contributed by atoms with E-state index in [1.807, 2.05) is 54.8 Å². The third kappa shape index (κ3) is 5.66. The fraction of sp³-hybridized carbons (Fsp3) is 0.320. The lowest BCUT2D eigenvalue weighted by atomic mass is 10.1. The fourth-order valence-corrected chi connectivity index (χ4v) is 4.31. The molecule has 0 atom stereocenters. The van der Waals surface area contributed by atoms with Crippen molar-refractivity contribution in [3.05, 3.63) is 47.8 Å². The minimum absolute atomic E-state index is 0.0475. The summed E-state index contributed by atoms with van der Waals surface area (Å²) >= 11 is 1.36. The Morgan fingerprint density at radius 2 is 2.00 bits per heavy atom. The number of rotatable bonds is 10. The third-order valence-electron chi connectivity index (χ3n) is 5.27. The zero-order chi connectivity index (χ0) is 23.9. The first kappa shape index (κ1) is 23.6. The molecule has 34 heavy (non-hydrogen) atoms. The van der Waals surface area contributed by atoms with Crippen molar-refractivity contribution >= 4 is 34.0 Å². The van der Waals surface area contributed by atoms with E-state index in [-0.39, 0.29) is 18.4 Å². The molecule has 2 heterocycles. The Hall–Kier alpha value is -3.59. The van der Waals surface area contributed by atoms with E-state index in [1.54, 1.807) is 12.0 Å². The third-order valence-corrected chi connectivity index (χ3v) is 6.03. The summed E-state index contributed by atoms with van der Waals surface area (Å²) in [6.45, 7) is 3.17. The van der Waals surface area contributed by atoms with Crippen molar-refractivity contribution in [2.24, 2.45) is 0 Å². The van der Waals surface area contributed by atoms with Crippen LogP contribution in [0, 0.1) is 0 Å². The van der Waals surface area contributed by atoms with E-state index in [4.69, 9.17) is 14.2 Å². The Bertz CT molecular complexity index is 1150. The van der Waals surface area contributed by atoms with Gasteiger partial charge in [-0.2, -0.15) is 0 Å². The van der Waals surface area contributed by atoms with Gasteiger partial charge in [-0.05, 0) is 55.3 Å². The molecule has 0 fully saturated rings. The molecule has 0 aliphatic carbocycles. The second kappa shape index (κ2) is 11.0. The first-order chi connectivity index (χ1) is 16.6. The van der Waals surface area contributed by atoms with Crippen molar-refractivity contribution in [1.29, 1.82) is 0 Å². The van der Waals surface area contributed by atoms with Gasteiger partial charge in [0.05, 0.1) is 25.1 Å². The van der Waals surface area contributed by atoms with Crippen LogP contribution >= 0.6 is 11.3 Å². The Morgan fingerprint density at radius 3 is 2.76 bits per heavy atom. The number of nitrogens with one attached hydrogen (secondary N) is 1. The summed E-state index contributed by atoms with van der Waals surface area (Å²) in [4.78, 5) is 30.9. The van der Waals surface area contributed by atoms with Crippen molar-refractivity contribution in [2.75, 3.05) is 37.1 Å². The minimum atomic E-state index is -0.113. The average molecular weight is 482 g/mol. The topological polar surface area (TPSA) is 90.0 Å². The Balaban J connectivity index is 1.31. The summed E-state index contributed by atoms with van der Waals surface area (Å²) in [6.07, 6.45) is 1.77. The van der Waals surface area contributed by atoms with Gasteiger partial charge in [0.2, 0.25) is 5.91 Å². The predicted octanol–water partition coefficient (Wildman–Crippen LogP) is 4.75. The van der Waals surface area contributed by atoms with Crippen molar-refractivity contribution in [3.63, 3.8) is 0 Å². The molecule has 0 saturated carbocycles. The number of carbonyl (C=O) groups is 2. The highest BCUT2D eigenvalue weighted by Crippen LogP contribution is 2.37. The molecule has 8 nitrogen and oxygen atoms in total. The number of aromatic nitrogens is 1. The minimum Gasteiger partial charge on any atom is -0.497 e. The van der Waals surface area contributed by atoms with Crippen LogP contribution < -0.4 is 24.4 Å². The molecular formula is C25H27N3O5S. The van der Waals surface area contributed by atoms with Crippen molar-refractivity contribution in [2.45, 2.75) is 26.2 Å². The number of amides is 2. The van der Waals surface area contributed by atoms with Gasteiger partial charge in [0, 0.05) is 23.9 Å². The highest BCUT2D eigenvalue weighted by Gasteiger charge is 2.25. The average Bonchev–Trinajstić information content (AvgIpc) is 3.32. The van der Waals surface area contributed by atoms with Crippen LogP contribution in [-0.2, 0) is 9.59 Å². The summed E-state index contributed by atoms with van der Waals surface area (Å²) in [5, 5.41) is 5.27. The highest BCUT2D eigenvalue weighted by atomic mass is 32.1. The smallest absolute Gasteiger partial charge is 0.265 e. The zero-order valence-electron chi connectivity index (χ0n) is 19.2. The van der Waals surface area contributed by atoms with Gasteiger partial charge in [0.1, 0.15) is 17.2 Å². The maximum absolute atomic E-state index is 12.3. The van der Waals surface area contributed by atoms with E-state index >= 15 is 0 Å². The van der Waals surface area contributed by atoms with Crippen LogP contribution in [0.4, 0.5) is 10.8 Å². The van der Waals surface area contributed by atoms with E-state index in [0.29, 0.717) is 36.9 Å². The number of hydrogen-bond donors (Lipinski definition) is 1. The maximum Gasteiger partial charge on any atom is 0.265 e. The zero-order valence-corrected chi connectivity index (χ0v) is 20.0. The van der Waals surface area contributed by atoms with Gasteiger partial charge in [0.25, 0.3) is 5.91 Å². The first-order valence-corrected chi connectivity index (χ1v) is 12.0. The number of thiazole rings is 1. The van der Waals surface area contributed by atoms with Gasteiger partial charge >= 0.3 is 0 Å². The van der Waals surface area contributed by atoms with Crippen LogP contribution in [0.3, 0.4) is 0 Å². The molecule has 3 aromatic rings. The van der Waals surface area contributed by atoms with Gasteiger partial charge in [-0.15, -0.1) is 11.3 Å². The number of nitrogens with zero attached hydrogens (tertiary/aromatic N) is 2. The van der Waals surface area contributed by atoms with Crippen LogP contribution in [0.2, 0.25) is 0 Å². The Labute approximate surface area is 202 Å². The fourth-order valence-electron chi connectivity index (χ4n) is 3.57. The van der Waals surface area contributed by atoms with Crippen molar-refractivity contribution in [3.8, 4) is 28.5 Å². The molecule has 4 rings (SSSR count). The van der Waals surface area contributed by atoms with Crippen molar-refractivity contribution < 1.29 is 23.8 Å². The Kier molecular flexibility index (Phi) is 7.64. The van der Waals surface area contributed by atoms with Crippen LogP contribution in [-0.4, -0.2) is 43.7 Å².